The molecule has 1 heterocycles. The van der Waals surface area contributed by atoms with Crippen LogP contribution in [0.1, 0.15) is 74.5 Å². The van der Waals surface area contributed by atoms with Crippen LogP contribution < -0.4 is 4.74 Å². The van der Waals surface area contributed by atoms with E-state index in [-0.39, 0.29) is 47.0 Å². The smallest absolute Gasteiger partial charge is 0.200 e. The average molecular weight is 451 g/mol. The van der Waals surface area contributed by atoms with Gasteiger partial charge in [0.05, 0.1) is 6.10 Å². The van der Waals surface area contributed by atoms with Crippen LogP contribution >= 0.6 is 0 Å². The number of aliphatic hydroxyl groups is 1. The average Bonchev–Trinajstić information content (AvgIpc) is 2.75. The number of rotatable bonds is 7. The van der Waals surface area contributed by atoms with Gasteiger partial charge in [0.1, 0.15) is 28.4 Å². The van der Waals surface area contributed by atoms with Gasteiger partial charge < -0.3 is 20.1 Å². The van der Waals surface area contributed by atoms with Crippen LogP contribution in [0.5, 0.6) is 17.2 Å². The Kier molecular flexibility index (Phi) is 7.33. The molecule has 1 aliphatic rings. The molecule has 3 N–H and O–H groups in total. The summed E-state index contributed by atoms with van der Waals surface area (Å²) in [7, 11) is 0. The molecule has 0 aliphatic carbocycles. The van der Waals surface area contributed by atoms with Crippen LogP contribution in [0.25, 0.3) is 0 Å². The van der Waals surface area contributed by atoms with Crippen molar-refractivity contribution in [2.45, 2.75) is 72.0 Å². The number of allylic oxidation sites excluding steroid dienone is 4. The molecule has 0 saturated heterocycles. The molecule has 0 radical (unpaired) electrons. The predicted molar refractivity (Wildman–Crippen MR) is 130 cm³/mol. The third kappa shape index (κ3) is 5.31. The van der Waals surface area contributed by atoms with Crippen LogP contribution in [0.2, 0.25) is 0 Å². The van der Waals surface area contributed by atoms with Crippen molar-refractivity contribution in [3.63, 3.8) is 0 Å². The first-order chi connectivity index (χ1) is 15.5. The standard InChI is InChI=1S/C28H34O5/c1-17(2)10-9-11-18(3)14-15-20-25(31)21-16-22(29)28(4,5)33-27(21)23(26(20)32)24(30)19-12-7-6-8-13-19/h6-8,10,12-14,22,29,31-32H,9,11,15-16H2,1-5H3/t22-/m1/s1. The van der Waals surface area contributed by atoms with Crippen molar-refractivity contribution in [2.75, 3.05) is 0 Å². The van der Waals surface area contributed by atoms with Gasteiger partial charge in [0.2, 0.25) is 5.78 Å². The van der Waals surface area contributed by atoms with Gasteiger partial charge in [0.25, 0.3) is 0 Å². The Hall–Kier alpha value is -3.05. The lowest BCUT2D eigenvalue weighted by molar-refractivity contribution is -0.0422. The quantitative estimate of drug-likeness (QED) is 0.375. The highest BCUT2D eigenvalue weighted by Gasteiger charge is 2.41. The lowest BCUT2D eigenvalue weighted by Gasteiger charge is -2.38. The lowest BCUT2D eigenvalue weighted by atomic mass is 9.85. The largest absolute Gasteiger partial charge is 0.507 e. The van der Waals surface area contributed by atoms with E-state index in [4.69, 9.17) is 4.74 Å². The second-order valence-corrected chi connectivity index (χ2v) is 9.55. The van der Waals surface area contributed by atoms with Crippen LogP contribution in [0.4, 0.5) is 0 Å². The summed E-state index contributed by atoms with van der Waals surface area (Å²) in [6.07, 6.45) is 5.43. The molecule has 0 aromatic heterocycles. The summed E-state index contributed by atoms with van der Waals surface area (Å²) in [6.45, 7) is 9.57. The molecule has 0 fully saturated rings. The van der Waals surface area contributed by atoms with Crippen molar-refractivity contribution in [1.82, 2.24) is 0 Å². The molecule has 3 rings (SSSR count). The van der Waals surface area contributed by atoms with Crippen molar-refractivity contribution in [1.29, 1.82) is 0 Å². The summed E-state index contributed by atoms with van der Waals surface area (Å²) >= 11 is 0. The van der Waals surface area contributed by atoms with Crippen molar-refractivity contribution < 1.29 is 24.9 Å². The van der Waals surface area contributed by atoms with E-state index in [9.17, 15) is 20.1 Å². The van der Waals surface area contributed by atoms with Crippen molar-refractivity contribution in [3.8, 4) is 17.2 Å². The van der Waals surface area contributed by atoms with E-state index in [2.05, 4.69) is 19.9 Å². The number of hydrogen-bond acceptors (Lipinski definition) is 5. The van der Waals surface area contributed by atoms with Gasteiger partial charge in [-0.3, -0.25) is 4.79 Å². The SMILES string of the molecule is CC(C)=CCCC(C)=CCc1c(O)c2c(c(C(=O)c3ccccc3)c1O)OC(C)(C)[C@H](O)C2. The number of hydrogen-bond donors (Lipinski definition) is 3. The highest BCUT2D eigenvalue weighted by Crippen LogP contribution is 2.48. The number of carbonyl (C=O) groups excluding carboxylic acids is 1. The number of fused-ring (bicyclic) bond motifs is 1. The summed E-state index contributed by atoms with van der Waals surface area (Å²) < 4.78 is 6.01. The van der Waals surface area contributed by atoms with Gasteiger partial charge in [-0.2, -0.15) is 0 Å². The van der Waals surface area contributed by atoms with E-state index < -0.39 is 11.7 Å². The monoisotopic (exact) mass is 450 g/mol. The number of ketones is 1. The molecule has 0 bridgehead atoms. The number of carbonyl (C=O) groups is 1. The highest BCUT2D eigenvalue weighted by atomic mass is 16.5. The second-order valence-electron chi connectivity index (χ2n) is 9.55. The van der Waals surface area contributed by atoms with E-state index >= 15 is 0 Å². The van der Waals surface area contributed by atoms with Gasteiger partial charge >= 0.3 is 0 Å². The van der Waals surface area contributed by atoms with Gasteiger partial charge in [-0.15, -0.1) is 0 Å². The maximum Gasteiger partial charge on any atom is 0.200 e. The minimum absolute atomic E-state index is 0.0274. The van der Waals surface area contributed by atoms with Gasteiger partial charge in [-0.05, 0) is 53.9 Å². The summed E-state index contributed by atoms with van der Waals surface area (Å²) in [6, 6.07) is 8.68. The fourth-order valence-corrected chi connectivity index (χ4v) is 3.99. The highest BCUT2D eigenvalue weighted by molar-refractivity contribution is 6.13. The molecule has 0 saturated carbocycles. The number of phenolic OH excluding ortho intramolecular Hbond substituents is 2. The Balaban J connectivity index is 2.09. The predicted octanol–water partition coefficient (Wildman–Crippen LogP) is 5.64. The minimum Gasteiger partial charge on any atom is -0.507 e. The Bertz CT molecular complexity index is 1090. The molecule has 1 atom stereocenters. The van der Waals surface area contributed by atoms with E-state index in [0.717, 1.165) is 18.4 Å². The Morgan fingerprint density at radius 2 is 1.76 bits per heavy atom. The first kappa shape index (κ1) is 24.6. The number of phenols is 2. The van der Waals surface area contributed by atoms with Crippen LogP contribution in [0.3, 0.4) is 0 Å². The molecule has 2 aromatic rings. The molecule has 0 spiro atoms. The molecule has 176 valence electrons. The molecule has 0 unspecified atom stereocenters. The summed E-state index contributed by atoms with van der Waals surface area (Å²) in [5.41, 5.74) is 2.47. The first-order valence-corrected chi connectivity index (χ1v) is 11.4. The molecule has 5 heteroatoms. The van der Waals surface area contributed by atoms with E-state index in [1.54, 1.807) is 38.1 Å². The minimum atomic E-state index is -0.972. The molecule has 5 nitrogen and oxygen atoms in total. The number of ether oxygens (including phenoxy) is 1. The lowest BCUT2D eigenvalue weighted by Crippen LogP contribution is -2.46. The summed E-state index contributed by atoms with van der Waals surface area (Å²) in [4.78, 5) is 13.4. The zero-order valence-corrected chi connectivity index (χ0v) is 20.1. The second kappa shape index (κ2) is 9.84. The molecular formula is C28H34O5. The zero-order valence-electron chi connectivity index (χ0n) is 20.1. The van der Waals surface area contributed by atoms with Crippen LogP contribution in [0.15, 0.2) is 53.6 Å². The summed E-state index contributed by atoms with van der Waals surface area (Å²) in [5.74, 6) is -0.653. The molecular weight excluding hydrogens is 416 g/mol. The topological polar surface area (TPSA) is 87.0 Å². The van der Waals surface area contributed by atoms with Gasteiger partial charge in [-0.25, -0.2) is 0 Å². The van der Waals surface area contributed by atoms with Crippen LogP contribution in [-0.4, -0.2) is 32.8 Å². The zero-order chi connectivity index (χ0) is 24.3. The summed E-state index contributed by atoms with van der Waals surface area (Å²) in [5, 5.41) is 32.8. The number of benzene rings is 2. The van der Waals surface area contributed by atoms with Crippen molar-refractivity contribution >= 4 is 5.78 Å². The number of aliphatic hydroxyl groups excluding tert-OH is 1. The first-order valence-electron chi connectivity index (χ1n) is 11.4. The molecule has 1 aliphatic heterocycles. The van der Waals surface area contributed by atoms with E-state index in [0.29, 0.717) is 11.1 Å². The van der Waals surface area contributed by atoms with E-state index in [1.807, 2.05) is 19.1 Å². The van der Waals surface area contributed by atoms with E-state index in [1.165, 1.54) is 5.57 Å². The maximum atomic E-state index is 13.4. The molecule has 0 amide bonds. The van der Waals surface area contributed by atoms with Crippen LogP contribution in [0, 0.1) is 0 Å². The Morgan fingerprint density at radius 3 is 2.39 bits per heavy atom. The Morgan fingerprint density at radius 1 is 1.09 bits per heavy atom. The van der Waals surface area contributed by atoms with Gasteiger partial charge in [-0.1, -0.05) is 53.6 Å². The van der Waals surface area contributed by atoms with Crippen molar-refractivity contribution in [2.24, 2.45) is 0 Å². The van der Waals surface area contributed by atoms with Crippen molar-refractivity contribution in [3.05, 3.63) is 75.9 Å². The van der Waals surface area contributed by atoms with Crippen LogP contribution in [-0.2, 0) is 12.8 Å². The third-order valence-electron chi connectivity index (χ3n) is 6.17. The van der Waals surface area contributed by atoms with Gasteiger partial charge in [0.15, 0.2) is 0 Å². The van der Waals surface area contributed by atoms with Gasteiger partial charge in [0, 0.05) is 23.1 Å². The fraction of sp³-hybridized carbons (Fsp3) is 0.393. The molecule has 33 heavy (non-hydrogen) atoms. The Labute approximate surface area is 196 Å². The maximum absolute atomic E-state index is 13.4. The number of aromatic hydroxyl groups is 2. The fourth-order valence-electron chi connectivity index (χ4n) is 3.99. The normalized spacial score (nSPS) is 17.2. The molecule has 2 aromatic carbocycles. The third-order valence-corrected chi connectivity index (χ3v) is 6.17.